The maximum absolute atomic E-state index is 13.9. The zero-order valence-corrected chi connectivity index (χ0v) is 13.9. The lowest BCUT2D eigenvalue weighted by Gasteiger charge is -2.37. The van der Waals surface area contributed by atoms with Crippen molar-refractivity contribution in [3.63, 3.8) is 0 Å². The summed E-state index contributed by atoms with van der Waals surface area (Å²) in [5, 5.41) is 3.13. The fourth-order valence-electron chi connectivity index (χ4n) is 2.84. The summed E-state index contributed by atoms with van der Waals surface area (Å²) in [4.78, 5) is 13.3. The molecule has 0 bridgehead atoms. The minimum absolute atomic E-state index is 0.167. The van der Waals surface area contributed by atoms with Gasteiger partial charge >= 0.3 is 0 Å². The summed E-state index contributed by atoms with van der Waals surface area (Å²) >= 11 is 0. The van der Waals surface area contributed by atoms with Crippen LogP contribution >= 0.6 is 0 Å². The van der Waals surface area contributed by atoms with Gasteiger partial charge in [-0.05, 0) is 19.1 Å². The highest BCUT2D eigenvalue weighted by Crippen LogP contribution is 2.22. The van der Waals surface area contributed by atoms with Gasteiger partial charge in [-0.2, -0.15) is 4.98 Å². The minimum atomic E-state index is -0.167. The van der Waals surface area contributed by atoms with Crippen molar-refractivity contribution in [3.05, 3.63) is 54.5 Å². The monoisotopic (exact) mass is 327 g/mol. The number of para-hydroxylation sites is 1. The number of nitrogens with one attached hydrogen (secondary N) is 1. The minimum Gasteiger partial charge on any atom is -0.366 e. The number of hydrogen-bond acceptors (Lipinski definition) is 5. The maximum Gasteiger partial charge on any atom is 0.225 e. The second-order valence-electron chi connectivity index (χ2n) is 5.79. The molecule has 126 valence electrons. The molecule has 5 nitrogen and oxygen atoms in total. The molecular formula is C18H22FN5. The molecule has 0 atom stereocenters. The van der Waals surface area contributed by atoms with Crippen molar-refractivity contribution in [1.82, 2.24) is 9.97 Å². The van der Waals surface area contributed by atoms with E-state index in [4.69, 9.17) is 0 Å². The fraction of sp³-hybridized carbons (Fsp3) is 0.333. The molecule has 0 radical (unpaired) electrons. The maximum atomic E-state index is 13.9. The lowest BCUT2D eigenvalue weighted by molar-refractivity contribution is 0.596. The molecule has 6 heteroatoms. The molecular weight excluding hydrogens is 305 g/mol. The largest absolute Gasteiger partial charge is 0.366 e. The Labute approximate surface area is 141 Å². The fourth-order valence-corrected chi connectivity index (χ4v) is 2.84. The third-order valence-corrected chi connectivity index (χ3v) is 4.04. The summed E-state index contributed by atoms with van der Waals surface area (Å²) in [6.07, 6.45) is 1.78. The summed E-state index contributed by atoms with van der Waals surface area (Å²) in [6.45, 7) is 9.40. The second kappa shape index (κ2) is 7.29. The molecule has 1 saturated heterocycles. The van der Waals surface area contributed by atoms with Crippen LogP contribution in [0.15, 0.2) is 43.0 Å². The van der Waals surface area contributed by atoms with Crippen LogP contribution in [0.4, 0.5) is 21.8 Å². The summed E-state index contributed by atoms with van der Waals surface area (Å²) in [6, 6.07) is 8.91. The van der Waals surface area contributed by atoms with Crippen LogP contribution < -0.4 is 15.1 Å². The van der Waals surface area contributed by atoms with Gasteiger partial charge in [-0.25, -0.2) is 9.37 Å². The van der Waals surface area contributed by atoms with E-state index in [9.17, 15) is 4.39 Å². The topological polar surface area (TPSA) is 44.3 Å². The molecule has 3 rings (SSSR count). The zero-order valence-electron chi connectivity index (χ0n) is 13.9. The third-order valence-electron chi connectivity index (χ3n) is 4.04. The van der Waals surface area contributed by atoms with Crippen molar-refractivity contribution in [2.45, 2.75) is 6.92 Å². The van der Waals surface area contributed by atoms with Crippen LogP contribution in [0.5, 0.6) is 0 Å². The van der Waals surface area contributed by atoms with Crippen LogP contribution in [-0.4, -0.2) is 42.7 Å². The van der Waals surface area contributed by atoms with E-state index in [-0.39, 0.29) is 5.82 Å². The Kier molecular flexibility index (Phi) is 4.93. The Morgan fingerprint density at radius 1 is 1.17 bits per heavy atom. The number of aryl methyl sites for hydroxylation is 1. The highest BCUT2D eigenvalue weighted by Gasteiger charge is 2.20. The first kappa shape index (κ1) is 16.2. The van der Waals surface area contributed by atoms with Gasteiger partial charge < -0.3 is 15.1 Å². The Balaban J connectivity index is 1.69. The van der Waals surface area contributed by atoms with Crippen LogP contribution in [0.25, 0.3) is 0 Å². The zero-order chi connectivity index (χ0) is 16.9. The number of aromatic nitrogens is 2. The second-order valence-corrected chi connectivity index (χ2v) is 5.79. The highest BCUT2D eigenvalue weighted by molar-refractivity contribution is 5.51. The summed E-state index contributed by atoms with van der Waals surface area (Å²) in [7, 11) is 0. The molecule has 0 amide bonds. The standard InChI is InChI=1S/C18H22FN5/c1-3-8-20-18-21-14(2)13-17(22-18)24-11-9-23(10-12-24)16-7-5-4-6-15(16)19/h3-7,13H,1,8-12H2,2H3,(H,20,21,22). The SMILES string of the molecule is C=CCNc1nc(C)cc(N2CCN(c3ccccc3F)CC2)n1. The van der Waals surface area contributed by atoms with E-state index in [0.717, 1.165) is 37.7 Å². The lowest BCUT2D eigenvalue weighted by Crippen LogP contribution is -2.47. The number of nitrogens with zero attached hydrogens (tertiary/aromatic N) is 4. The third kappa shape index (κ3) is 3.64. The van der Waals surface area contributed by atoms with Gasteiger partial charge in [-0.1, -0.05) is 18.2 Å². The van der Waals surface area contributed by atoms with E-state index in [0.29, 0.717) is 18.2 Å². The molecule has 0 unspecified atom stereocenters. The summed E-state index contributed by atoms with van der Waals surface area (Å²) in [5.41, 5.74) is 1.59. The van der Waals surface area contributed by atoms with E-state index in [1.54, 1.807) is 12.1 Å². The predicted molar refractivity (Wildman–Crippen MR) is 96.3 cm³/mol. The van der Waals surface area contributed by atoms with Gasteiger partial charge in [0.15, 0.2) is 0 Å². The van der Waals surface area contributed by atoms with Crippen LogP contribution in [0.2, 0.25) is 0 Å². The van der Waals surface area contributed by atoms with Crippen molar-refractivity contribution in [2.75, 3.05) is 47.8 Å². The molecule has 1 aliphatic rings. The van der Waals surface area contributed by atoms with Crippen LogP contribution in [0.1, 0.15) is 5.69 Å². The van der Waals surface area contributed by atoms with Crippen molar-refractivity contribution < 1.29 is 4.39 Å². The molecule has 2 aromatic rings. The van der Waals surface area contributed by atoms with E-state index < -0.39 is 0 Å². The number of anilines is 3. The molecule has 24 heavy (non-hydrogen) atoms. The van der Waals surface area contributed by atoms with Crippen LogP contribution in [0.3, 0.4) is 0 Å². The number of piperazine rings is 1. The van der Waals surface area contributed by atoms with E-state index in [1.165, 1.54) is 6.07 Å². The smallest absolute Gasteiger partial charge is 0.225 e. The molecule has 0 saturated carbocycles. The number of rotatable bonds is 5. The molecule has 0 aliphatic carbocycles. The van der Waals surface area contributed by atoms with E-state index >= 15 is 0 Å². The van der Waals surface area contributed by atoms with Gasteiger partial charge in [0.1, 0.15) is 11.6 Å². The van der Waals surface area contributed by atoms with Crippen molar-refractivity contribution in [3.8, 4) is 0 Å². The molecule has 1 aromatic carbocycles. The van der Waals surface area contributed by atoms with Gasteiger partial charge in [0.2, 0.25) is 5.95 Å². The van der Waals surface area contributed by atoms with Gasteiger partial charge in [0.05, 0.1) is 5.69 Å². The van der Waals surface area contributed by atoms with Crippen LogP contribution in [-0.2, 0) is 0 Å². The Hall–Kier alpha value is -2.63. The van der Waals surface area contributed by atoms with Gasteiger partial charge in [-0.3, -0.25) is 0 Å². The molecule has 2 heterocycles. The Morgan fingerprint density at radius 3 is 2.58 bits per heavy atom. The number of benzene rings is 1. The van der Waals surface area contributed by atoms with Gasteiger partial charge in [-0.15, -0.1) is 6.58 Å². The van der Waals surface area contributed by atoms with E-state index in [1.807, 2.05) is 25.1 Å². The average molecular weight is 327 g/mol. The normalized spacial score (nSPS) is 14.6. The average Bonchev–Trinajstić information content (AvgIpc) is 2.60. The van der Waals surface area contributed by atoms with E-state index in [2.05, 4.69) is 31.7 Å². The predicted octanol–water partition coefficient (Wildman–Crippen LogP) is 2.85. The van der Waals surface area contributed by atoms with Gasteiger partial charge in [0, 0.05) is 44.5 Å². The lowest BCUT2D eigenvalue weighted by atomic mass is 10.2. The number of halogens is 1. The first-order valence-corrected chi connectivity index (χ1v) is 8.12. The van der Waals surface area contributed by atoms with Gasteiger partial charge in [0.25, 0.3) is 0 Å². The molecule has 1 fully saturated rings. The van der Waals surface area contributed by atoms with Crippen molar-refractivity contribution >= 4 is 17.5 Å². The molecule has 1 N–H and O–H groups in total. The summed E-state index contributed by atoms with van der Waals surface area (Å²) < 4.78 is 13.9. The highest BCUT2D eigenvalue weighted by atomic mass is 19.1. The quantitative estimate of drug-likeness (QED) is 0.856. The first-order chi connectivity index (χ1) is 11.7. The number of hydrogen-bond donors (Lipinski definition) is 1. The molecule has 0 spiro atoms. The summed E-state index contributed by atoms with van der Waals surface area (Å²) in [5.74, 6) is 1.35. The van der Waals surface area contributed by atoms with Crippen molar-refractivity contribution in [2.24, 2.45) is 0 Å². The first-order valence-electron chi connectivity index (χ1n) is 8.12. The Bertz CT molecular complexity index is 710. The van der Waals surface area contributed by atoms with Crippen LogP contribution in [0, 0.1) is 12.7 Å². The van der Waals surface area contributed by atoms with Crippen molar-refractivity contribution in [1.29, 1.82) is 0 Å². The molecule has 1 aromatic heterocycles. The molecule has 1 aliphatic heterocycles. The Morgan fingerprint density at radius 2 is 1.88 bits per heavy atom.